The maximum atomic E-state index is 13.7. The van der Waals surface area contributed by atoms with E-state index in [4.69, 9.17) is 4.74 Å². The molecule has 2 atom stereocenters. The predicted octanol–water partition coefficient (Wildman–Crippen LogP) is 2.19. The second-order valence-electron chi connectivity index (χ2n) is 6.04. The summed E-state index contributed by atoms with van der Waals surface area (Å²) in [5, 5.41) is 2.68. The molecular weight excluding hydrogens is 235 g/mol. The summed E-state index contributed by atoms with van der Waals surface area (Å²) in [6.45, 7) is 7.36. The van der Waals surface area contributed by atoms with Gasteiger partial charge in [0.25, 0.3) is 0 Å². The van der Waals surface area contributed by atoms with Crippen LogP contribution in [-0.4, -0.2) is 49.4 Å². The van der Waals surface area contributed by atoms with Crippen LogP contribution in [0.1, 0.15) is 33.6 Å². The fourth-order valence-corrected chi connectivity index (χ4v) is 2.10. The Balaban J connectivity index is 2.19. The summed E-state index contributed by atoms with van der Waals surface area (Å²) < 4.78 is 18.8. The van der Waals surface area contributed by atoms with E-state index in [2.05, 4.69) is 5.32 Å². The van der Waals surface area contributed by atoms with Crippen molar-refractivity contribution in [2.75, 3.05) is 26.7 Å². The molecule has 1 rings (SSSR count). The Bertz CT molecular complexity index is 279. The van der Waals surface area contributed by atoms with Crippen LogP contribution < -0.4 is 5.32 Å². The molecule has 0 spiro atoms. The highest BCUT2D eigenvalue weighted by Gasteiger charge is 2.27. The van der Waals surface area contributed by atoms with Gasteiger partial charge < -0.3 is 15.0 Å². The third-order valence-corrected chi connectivity index (χ3v) is 3.06. The molecule has 1 N–H and O–H groups in total. The lowest BCUT2D eigenvalue weighted by Gasteiger charge is -2.32. The highest BCUT2D eigenvalue weighted by Crippen LogP contribution is 2.22. The predicted molar refractivity (Wildman–Crippen MR) is 69.4 cm³/mol. The van der Waals surface area contributed by atoms with E-state index in [0.717, 1.165) is 13.0 Å². The highest BCUT2D eigenvalue weighted by atomic mass is 19.1. The maximum Gasteiger partial charge on any atom is 0.407 e. The van der Waals surface area contributed by atoms with Crippen molar-refractivity contribution in [3.63, 3.8) is 0 Å². The van der Waals surface area contributed by atoms with Crippen molar-refractivity contribution in [1.82, 2.24) is 10.2 Å². The van der Waals surface area contributed by atoms with Crippen LogP contribution in [0.3, 0.4) is 0 Å². The first-order chi connectivity index (χ1) is 8.28. The minimum Gasteiger partial charge on any atom is -0.444 e. The number of hydrogen-bond donors (Lipinski definition) is 1. The van der Waals surface area contributed by atoms with Crippen molar-refractivity contribution in [1.29, 1.82) is 0 Å². The first-order valence-electron chi connectivity index (χ1n) is 6.57. The molecule has 18 heavy (non-hydrogen) atoms. The number of halogens is 1. The molecular formula is C13H25FN2O2. The summed E-state index contributed by atoms with van der Waals surface area (Å²) in [7, 11) is 1.93. The van der Waals surface area contributed by atoms with Gasteiger partial charge in [-0.05, 0) is 53.1 Å². The van der Waals surface area contributed by atoms with E-state index in [0.29, 0.717) is 19.5 Å². The summed E-state index contributed by atoms with van der Waals surface area (Å²) in [5.41, 5.74) is -0.486. The largest absolute Gasteiger partial charge is 0.444 e. The zero-order valence-electron chi connectivity index (χ0n) is 11.8. The third-order valence-electron chi connectivity index (χ3n) is 3.06. The standard InChI is InChI=1S/C13H25FN2O2/c1-13(2,3)18-12(17)15-7-5-10-6-8-16(4)9-11(10)14/h10-11H,5-9H2,1-4H3,(H,15,17)/t10-,11-/m0/s1. The Morgan fingerprint density at radius 3 is 2.72 bits per heavy atom. The number of nitrogens with zero attached hydrogens (tertiary/aromatic N) is 1. The van der Waals surface area contributed by atoms with E-state index in [1.807, 2.05) is 32.7 Å². The molecule has 1 aliphatic heterocycles. The molecule has 0 unspecified atom stereocenters. The van der Waals surface area contributed by atoms with Gasteiger partial charge in [-0.3, -0.25) is 0 Å². The Labute approximate surface area is 109 Å². The van der Waals surface area contributed by atoms with Crippen molar-refractivity contribution in [2.24, 2.45) is 5.92 Å². The van der Waals surface area contributed by atoms with Crippen LogP contribution in [0, 0.1) is 5.92 Å². The topological polar surface area (TPSA) is 41.6 Å². The third kappa shape index (κ3) is 5.67. The van der Waals surface area contributed by atoms with Crippen molar-refractivity contribution in [3.8, 4) is 0 Å². The van der Waals surface area contributed by atoms with E-state index in [1.54, 1.807) is 0 Å². The molecule has 106 valence electrons. The molecule has 0 aromatic rings. The Kier molecular flexibility index (Phi) is 5.38. The fraction of sp³-hybridized carbons (Fsp3) is 0.923. The minimum absolute atomic E-state index is 0.0520. The Hall–Kier alpha value is -0.840. The second-order valence-corrected chi connectivity index (χ2v) is 6.04. The van der Waals surface area contributed by atoms with Crippen LogP contribution in [0.25, 0.3) is 0 Å². The normalized spacial score (nSPS) is 25.8. The molecule has 0 aromatic heterocycles. The molecule has 4 nitrogen and oxygen atoms in total. The van der Waals surface area contributed by atoms with E-state index < -0.39 is 17.9 Å². The number of piperidine rings is 1. The zero-order chi connectivity index (χ0) is 13.8. The van der Waals surface area contributed by atoms with Gasteiger partial charge in [0.2, 0.25) is 0 Å². The number of alkyl halides is 1. The first kappa shape index (κ1) is 15.2. The van der Waals surface area contributed by atoms with E-state index in [9.17, 15) is 9.18 Å². The lowest BCUT2D eigenvalue weighted by molar-refractivity contribution is 0.0510. The second kappa shape index (κ2) is 6.36. The molecule has 0 aromatic carbocycles. The number of carbonyl (C=O) groups excluding carboxylic acids is 1. The zero-order valence-corrected chi connectivity index (χ0v) is 11.8. The van der Waals surface area contributed by atoms with E-state index in [1.165, 1.54) is 0 Å². The van der Waals surface area contributed by atoms with Crippen LogP contribution >= 0.6 is 0 Å². The SMILES string of the molecule is CN1CC[C@H](CCNC(=O)OC(C)(C)C)[C@@H](F)C1. The number of nitrogens with one attached hydrogen (secondary N) is 1. The van der Waals surface area contributed by atoms with Crippen LogP contribution in [0.4, 0.5) is 9.18 Å². The molecule has 1 saturated heterocycles. The number of ether oxygens (including phenoxy) is 1. The van der Waals surface area contributed by atoms with Crippen molar-refractivity contribution >= 4 is 6.09 Å². The maximum absolute atomic E-state index is 13.7. The molecule has 5 heteroatoms. The van der Waals surface area contributed by atoms with Gasteiger partial charge >= 0.3 is 6.09 Å². The van der Waals surface area contributed by atoms with Crippen molar-refractivity contribution in [3.05, 3.63) is 0 Å². The van der Waals surface area contributed by atoms with Gasteiger partial charge in [-0.25, -0.2) is 9.18 Å². The summed E-state index contributed by atoms with van der Waals surface area (Å²) in [6.07, 6.45) is 0.317. The van der Waals surface area contributed by atoms with Crippen LogP contribution in [0.15, 0.2) is 0 Å². The average molecular weight is 260 g/mol. The van der Waals surface area contributed by atoms with Gasteiger partial charge in [0.05, 0.1) is 0 Å². The number of rotatable bonds is 3. The quantitative estimate of drug-likeness (QED) is 0.845. The molecule has 0 aliphatic carbocycles. The fourth-order valence-electron chi connectivity index (χ4n) is 2.10. The Morgan fingerprint density at radius 2 is 2.17 bits per heavy atom. The summed E-state index contributed by atoms with van der Waals surface area (Å²) in [6, 6.07) is 0. The van der Waals surface area contributed by atoms with E-state index >= 15 is 0 Å². The average Bonchev–Trinajstić information content (AvgIpc) is 2.18. The smallest absolute Gasteiger partial charge is 0.407 e. The molecule has 1 heterocycles. The van der Waals surface area contributed by atoms with Crippen molar-refractivity contribution < 1.29 is 13.9 Å². The molecule has 0 bridgehead atoms. The molecule has 0 radical (unpaired) electrons. The van der Waals surface area contributed by atoms with Gasteiger partial charge in [0.1, 0.15) is 11.8 Å². The monoisotopic (exact) mass is 260 g/mol. The molecule has 1 amide bonds. The van der Waals surface area contributed by atoms with Gasteiger partial charge in [-0.2, -0.15) is 0 Å². The number of likely N-dealkylation sites (tertiary alicyclic amines) is 1. The van der Waals surface area contributed by atoms with E-state index in [-0.39, 0.29) is 5.92 Å². The lowest BCUT2D eigenvalue weighted by Crippen LogP contribution is -2.41. The van der Waals surface area contributed by atoms with Crippen molar-refractivity contribution in [2.45, 2.75) is 45.4 Å². The molecule has 0 saturated carbocycles. The van der Waals surface area contributed by atoms with Crippen LogP contribution in [0.2, 0.25) is 0 Å². The van der Waals surface area contributed by atoms with Gasteiger partial charge in [0.15, 0.2) is 0 Å². The lowest BCUT2D eigenvalue weighted by atomic mass is 9.92. The van der Waals surface area contributed by atoms with Crippen LogP contribution in [-0.2, 0) is 4.74 Å². The highest BCUT2D eigenvalue weighted by molar-refractivity contribution is 5.67. The minimum atomic E-state index is -0.788. The number of hydrogen-bond acceptors (Lipinski definition) is 3. The Morgan fingerprint density at radius 1 is 1.50 bits per heavy atom. The summed E-state index contributed by atoms with van der Waals surface area (Å²) in [5.74, 6) is 0.0520. The van der Waals surface area contributed by atoms with Gasteiger partial charge in [-0.1, -0.05) is 0 Å². The summed E-state index contributed by atoms with van der Waals surface area (Å²) in [4.78, 5) is 13.4. The summed E-state index contributed by atoms with van der Waals surface area (Å²) >= 11 is 0. The first-order valence-corrected chi connectivity index (χ1v) is 6.57. The molecule has 1 aliphatic rings. The van der Waals surface area contributed by atoms with Gasteiger partial charge in [-0.15, -0.1) is 0 Å². The molecule has 1 fully saturated rings. The van der Waals surface area contributed by atoms with Crippen LogP contribution in [0.5, 0.6) is 0 Å². The number of alkyl carbamates (subject to hydrolysis) is 1. The van der Waals surface area contributed by atoms with Gasteiger partial charge in [0, 0.05) is 13.1 Å². The number of amides is 1. The number of carbonyl (C=O) groups is 1.